The molecule has 1 saturated heterocycles. The molecule has 0 aromatic carbocycles. The van der Waals surface area contributed by atoms with Gasteiger partial charge in [-0.05, 0) is 31.0 Å². The molecular formula is C20H35N3O4Si. The van der Waals surface area contributed by atoms with Gasteiger partial charge in [0.15, 0.2) is 8.32 Å². The van der Waals surface area contributed by atoms with Crippen molar-refractivity contribution in [2.45, 2.75) is 84.2 Å². The molecule has 2 heterocycles. The number of carbonyl (C=O) groups is 2. The minimum Gasteiger partial charge on any atom is -0.412 e. The minimum absolute atomic E-state index is 0.00580. The smallest absolute Gasteiger partial charge is 0.240 e. The van der Waals surface area contributed by atoms with Crippen molar-refractivity contribution in [3.63, 3.8) is 0 Å². The van der Waals surface area contributed by atoms with Gasteiger partial charge in [0.1, 0.15) is 17.7 Å². The third kappa shape index (κ3) is 4.65. The summed E-state index contributed by atoms with van der Waals surface area (Å²) in [7, 11) is -2.03. The summed E-state index contributed by atoms with van der Waals surface area (Å²) < 4.78 is 11.9. The van der Waals surface area contributed by atoms with Crippen molar-refractivity contribution in [1.82, 2.24) is 10.1 Å². The van der Waals surface area contributed by atoms with Crippen LogP contribution in [0.2, 0.25) is 18.1 Å². The molecule has 1 aliphatic heterocycles. The SMILES string of the molecule is Cc1cc(C(C(=O)N2C[C@H](O[Si](C)(C)C(C)(C)C)C[C@H]2C(N)=O)C(C)C)on1. The molecule has 7 nitrogen and oxygen atoms in total. The van der Waals surface area contributed by atoms with E-state index < -0.39 is 26.2 Å². The van der Waals surface area contributed by atoms with Crippen LogP contribution in [-0.2, 0) is 14.0 Å². The summed E-state index contributed by atoms with van der Waals surface area (Å²) in [6.07, 6.45) is 0.250. The monoisotopic (exact) mass is 409 g/mol. The lowest BCUT2D eigenvalue weighted by Crippen LogP contribution is -2.47. The van der Waals surface area contributed by atoms with Crippen molar-refractivity contribution in [1.29, 1.82) is 0 Å². The maximum absolute atomic E-state index is 13.4. The van der Waals surface area contributed by atoms with Crippen molar-refractivity contribution in [2.75, 3.05) is 6.54 Å². The normalized spacial score (nSPS) is 22.0. The molecule has 8 heteroatoms. The molecule has 3 atom stereocenters. The van der Waals surface area contributed by atoms with E-state index in [0.717, 1.165) is 5.69 Å². The Morgan fingerprint density at radius 1 is 1.36 bits per heavy atom. The zero-order chi connectivity index (χ0) is 21.4. The van der Waals surface area contributed by atoms with Crippen LogP contribution in [0.15, 0.2) is 10.6 Å². The summed E-state index contributed by atoms with van der Waals surface area (Å²) in [4.78, 5) is 27.1. The summed E-state index contributed by atoms with van der Waals surface area (Å²) >= 11 is 0. The Balaban J connectivity index is 2.26. The molecule has 2 rings (SSSR count). The molecule has 2 N–H and O–H groups in total. The van der Waals surface area contributed by atoms with Crippen LogP contribution >= 0.6 is 0 Å². The quantitative estimate of drug-likeness (QED) is 0.728. The highest BCUT2D eigenvalue weighted by atomic mass is 28.4. The molecule has 0 spiro atoms. The molecule has 28 heavy (non-hydrogen) atoms. The van der Waals surface area contributed by atoms with Crippen LogP contribution < -0.4 is 5.73 Å². The van der Waals surface area contributed by atoms with Crippen molar-refractivity contribution in [3.05, 3.63) is 17.5 Å². The third-order valence-corrected chi connectivity index (χ3v) is 10.6. The van der Waals surface area contributed by atoms with Gasteiger partial charge in [-0.1, -0.05) is 39.8 Å². The fraction of sp³-hybridized carbons (Fsp3) is 0.750. The van der Waals surface area contributed by atoms with Crippen molar-refractivity contribution in [2.24, 2.45) is 11.7 Å². The van der Waals surface area contributed by atoms with E-state index in [0.29, 0.717) is 18.7 Å². The molecule has 0 saturated carbocycles. The van der Waals surface area contributed by atoms with E-state index in [1.165, 1.54) is 0 Å². The molecule has 2 amide bonds. The van der Waals surface area contributed by atoms with Crippen molar-refractivity contribution < 1.29 is 18.5 Å². The lowest BCUT2D eigenvalue weighted by atomic mass is 9.91. The number of amides is 2. The highest BCUT2D eigenvalue weighted by Crippen LogP contribution is 2.39. The van der Waals surface area contributed by atoms with Crippen LogP contribution in [0.4, 0.5) is 0 Å². The van der Waals surface area contributed by atoms with Gasteiger partial charge >= 0.3 is 0 Å². The zero-order valence-corrected chi connectivity index (χ0v) is 19.4. The van der Waals surface area contributed by atoms with Gasteiger partial charge in [-0.25, -0.2) is 0 Å². The van der Waals surface area contributed by atoms with Crippen LogP contribution in [0, 0.1) is 12.8 Å². The maximum atomic E-state index is 13.4. The van der Waals surface area contributed by atoms with Crippen LogP contribution in [0.5, 0.6) is 0 Å². The summed E-state index contributed by atoms with van der Waals surface area (Å²) in [6, 6.07) is 1.12. The largest absolute Gasteiger partial charge is 0.412 e. The minimum atomic E-state index is -2.03. The number of primary amides is 1. The Labute approximate surface area is 169 Å². The van der Waals surface area contributed by atoms with Gasteiger partial charge < -0.3 is 19.6 Å². The van der Waals surface area contributed by atoms with E-state index in [1.54, 1.807) is 11.0 Å². The summed E-state index contributed by atoms with van der Waals surface area (Å²) in [5.74, 6) is -0.639. The summed E-state index contributed by atoms with van der Waals surface area (Å²) in [5.41, 5.74) is 6.37. The first kappa shape index (κ1) is 22.6. The highest BCUT2D eigenvalue weighted by molar-refractivity contribution is 6.74. The second-order valence-electron chi connectivity index (χ2n) is 9.74. The van der Waals surface area contributed by atoms with Crippen LogP contribution in [0.25, 0.3) is 0 Å². The first-order chi connectivity index (χ1) is 12.7. The number of hydrogen-bond acceptors (Lipinski definition) is 5. The van der Waals surface area contributed by atoms with Crippen LogP contribution in [0.1, 0.15) is 58.4 Å². The van der Waals surface area contributed by atoms with Crippen molar-refractivity contribution in [3.8, 4) is 0 Å². The molecule has 1 fully saturated rings. The highest BCUT2D eigenvalue weighted by Gasteiger charge is 2.46. The number of hydrogen-bond donors (Lipinski definition) is 1. The average molecular weight is 410 g/mol. The Morgan fingerprint density at radius 2 is 1.96 bits per heavy atom. The molecule has 1 aromatic rings. The Morgan fingerprint density at radius 3 is 2.39 bits per heavy atom. The number of rotatable bonds is 6. The first-order valence-corrected chi connectivity index (χ1v) is 12.9. The summed E-state index contributed by atoms with van der Waals surface area (Å²) in [6.45, 7) is 17.0. The Hall–Kier alpha value is -1.67. The molecule has 1 aromatic heterocycles. The fourth-order valence-corrected chi connectivity index (χ4v) is 4.79. The van der Waals surface area contributed by atoms with Gasteiger partial charge in [0.25, 0.3) is 0 Å². The maximum Gasteiger partial charge on any atom is 0.240 e. The zero-order valence-electron chi connectivity index (χ0n) is 18.4. The van der Waals surface area contributed by atoms with Crippen molar-refractivity contribution >= 4 is 20.1 Å². The van der Waals surface area contributed by atoms with Crippen LogP contribution in [0.3, 0.4) is 0 Å². The second-order valence-corrected chi connectivity index (χ2v) is 14.5. The van der Waals surface area contributed by atoms with E-state index in [-0.39, 0.29) is 23.0 Å². The Bertz CT molecular complexity index is 723. The topological polar surface area (TPSA) is 98.7 Å². The van der Waals surface area contributed by atoms with Gasteiger partial charge in [-0.15, -0.1) is 0 Å². The fourth-order valence-electron chi connectivity index (χ4n) is 3.43. The predicted octanol–water partition coefficient (Wildman–Crippen LogP) is 3.20. The van der Waals surface area contributed by atoms with Gasteiger partial charge in [-0.2, -0.15) is 0 Å². The number of nitrogens with zero attached hydrogens (tertiary/aromatic N) is 2. The number of aryl methyl sites for hydroxylation is 1. The number of aromatic nitrogens is 1. The first-order valence-electron chi connectivity index (χ1n) is 9.95. The van der Waals surface area contributed by atoms with E-state index in [1.807, 2.05) is 20.8 Å². The van der Waals surface area contributed by atoms with Gasteiger partial charge in [0, 0.05) is 19.0 Å². The molecule has 0 aliphatic carbocycles. The van der Waals surface area contributed by atoms with E-state index in [9.17, 15) is 9.59 Å². The average Bonchev–Trinajstić information content (AvgIpc) is 3.12. The van der Waals surface area contributed by atoms with Crippen LogP contribution in [-0.4, -0.2) is 48.9 Å². The molecular weight excluding hydrogens is 374 g/mol. The number of likely N-dealkylation sites (tertiary alicyclic amines) is 1. The standard InChI is InChI=1S/C20H35N3O4Si/c1-12(2)17(16-9-13(3)22-26-16)19(25)23-11-14(10-15(23)18(21)24)27-28(7,8)20(4,5)6/h9,12,14-15,17H,10-11H2,1-8H3,(H2,21,24)/t14-,15+,17?/m1/s1. The molecule has 0 bridgehead atoms. The van der Waals surface area contributed by atoms with E-state index in [4.69, 9.17) is 14.7 Å². The van der Waals surface area contributed by atoms with E-state index in [2.05, 4.69) is 39.0 Å². The summed E-state index contributed by atoms with van der Waals surface area (Å²) in [5, 5.41) is 3.96. The predicted molar refractivity (Wildman–Crippen MR) is 110 cm³/mol. The van der Waals surface area contributed by atoms with Gasteiger partial charge in [0.2, 0.25) is 11.8 Å². The molecule has 158 valence electrons. The van der Waals surface area contributed by atoms with E-state index >= 15 is 0 Å². The molecule has 0 radical (unpaired) electrons. The number of nitrogens with two attached hydrogens (primary N) is 1. The number of carbonyl (C=O) groups excluding carboxylic acids is 2. The lowest BCUT2D eigenvalue weighted by Gasteiger charge is -2.38. The Kier molecular flexibility index (Phi) is 6.45. The second kappa shape index (κ2) is 7.98. The third-order valence-electron chi connectivity index (χ3n) is 6.03. The molecule has 1 unspecified atom stereocenters. The lowest BCUT2D eigenvalue weighted by molar-refractivity contribution is -0.139. The van der Waals surface area contributed by atoms with Gasteiger partial charge in [-0.3, -0.25) is 9.59 Å². The molecule has 1 aliphatic rings. The van der Waals surface area contributed by atoms with Gasteiger partial charge in [0.05, 0.1) is 11.8 Å².